The summed E-state index contributed by atoms with van der Waals surface area (Å²) in [6.45, 7) is 4.61. The molecule has 0 N–H and O–H groups in total. The Bertz CT molecular complexity index is 838. The van der Waals surface area contributed by atoms with Crippen LogP contribution >= 0.6 is 11.6 Å². The molecule has 1 fully saturated rings. The zero-order valence-corrected chi connectivity index (χ0v) is 14.3. The van der Waals surface area contributed by atoms with Gasteiger partial charge in [0.1, 0.15) is 5.15 Å². The van der Waals surface area contributed by atoms with Gasteiger partial charge < -0.3 is 4.90 Å². The van der Waals surface area contributed by atoms with Crippen molar-refractivity contribution in [1.82, 2.24) is 24.6 Å². The lowest BCUT2D eigenvalue weighted by molar-refractivity contribution is 0.322. The SMILES string of the molecule is Clc1ccc2ncc(-c3cnn(CCCN4CCCC4)c3)cc2n1. The second kappa shape index (κ2) is 6.87. The average molecular weight is 342 g/mol. The molecule has 24 heavy (non-hydrogen) atoms. The lowest BCUT2D eigenvalue weighted by atomic mass is 10.1. The van der Waals surface area contributed by atoms with Gasteiger partial charge >= 0.3 is 0 Å². The van der Waals surface area contributed by atoms with Crippen LogP contribution in [0.4, 0.5) is 0 Å². The largest absolute Gasteiger partial charge is 0.303 e. The molecule has 0 spiro atoms. The lowest BCUT2D eigenvalue weighted by Gasteiger charge is -2.13. The molecule has 1 aliphatic rings. The maximum Gasteiger partial charge on any atom is 0.129 e. The molecule has 0 atom stereocenters. The van der Waals surface area contributed by atoms with Gasteiger partial charge in [-0.25, -0.2) is 4.98 Å². The van der Waals surface area contributed by atoms with E-state index in [-0.39, 0.29) is 0 Å². The van der Waals surface area contributed by atoms with Crippen LogP contribution in [0.1, 0.15) is 19.3 Å². The van der Waals surface area contributed by atoms with Crippen LogP contribution in [-0.2, 0) is 6.54 Å². The Kier molecular flexibility index (Phi) is 4.45. The van der Waals surface area contributed by atoms with Crippen molar-refractivity contribution in [2.24, 2.45) is 0 Å². The number of hydrogen-bond acceptors (Lipinski definition) is 4. The van der Waals surface area contributed by atoms with Crippen molar-refractivity contribution in [3.63, 3.8) is 0 Å². The minimum absolute atomic E-state index is 0.485. The molecule has 4 rings (SSSR count). The minimum Gasteiger partial charge on any atom is -0.303 e. The van der Waals surface area contributed by atoms with Gasteiger partial charge in [0, 0.05) is 30.1 Å². The van der Waals surface area contributed by atoms with Gasteiger partial charge in [0.15, 0.2) is 0 Å². The normalized spacial score (nSPS) is 15.4. The van der Waals surface area contributed by atoms with Crippen LogP contribution in [0.2, 0.25) is 5.15 Å². The van der Waals surface area contributed by atoms with Gasteiger partial charge in [-0.05, 0) is 57.1 Å². The molecule has 0 aliphatic carbocycles. The number of aromatic nitrogens is 4. The van der Waals surface area contributed by atoms with Crippen molar-refractivity contribution in [3.05, 3.63) is 41.9 Å². The summed E-state index contributed by atoms with van der Waals surface area (Å²) in [6.07, 6.45) is 9.66. The molecule has 0 unspecified atom stereocenters. The molecule has 0 radical (unpaired) electrons. The maximum atomic E-state index is 5.97. The van der Waals surface area contributed by atoms with Gasteiger partial charge in [0.05, 0.1) is 17.2 Å². The van der Waals surface area contributed by atoms with Crippen LogP contribution in [0.3, 0.4) is 0 Å². The summed E-state index contributed by atoms with van der Waals surface area (Å²) in [5.74, 6) is 0. The molecule has 124 valence electrons. The van der Waals surface area contributed by atoms with E-state index in [0.717, 1.165) is 41.7 Å². The van der Waals surface area contributed by atoms with Crippen molar-refractivity contribution in [2.45, 2.75) is 25.8 Å². The van der Waals surface area contributed by atoms with E-state index >= 15 is 0 Å². The molecule has 0 saturated carbocycles. The monoisotopic (exact) mass is 341 g/mol. The van der Waals surface area contributed by atoms with Crippen molar-refractivity contribution in [1.29, 1.82) is 0 Å². The van der Waals surface area contributed by atoms with Gasteiger partial charge in [-0.3, -0.25) is 9.67 Å². The van der Waals surface area contributed by atoms with Crippen molar-refractivity contribution < 1.29 is 0 Å². The second-order valence-electron chi connectivity index (χ2n) is 6.29. The summed E-state index contributed by atoms with van der Waals surface area (Å²) in [6, 6.07) is 5.66. The van der Waals surface area contributed by atoms with Gasteiger partial charge in [0.2, 0.25) is 0 Å². The predicted octanol–water partition coefficient (Wildman–Crippen LogP) is 3.63. The average Bonchev–Trinajstić information content (AvgIpc) is 3.26. The van der Waals surface area contributed by atoms with Crippen LogP contribution in [0, 0.1) is 0 Å². The Morgan fingerprint density at radius 3 is 2.75 bits per heavy atom. The first kappa shape index (κ1) is 15.5. The van der Waals surface area contributed by atoms with Crippen LogP contribution < -0.4 is 0 Å². The Balaban J connectivity index is 1.45. The van der Waals surface area contributed by atoms with E-state index < -0.39 is 0 Å². The summed E-state index contributed by atoms with van der Waals surface area (Å²) < 4.78 is 2.01. The third-order valence-electron chi connectivity index (χ3n) is 4.53. The number of pyridine rings is 2. The molecule has 4 heterocycles. The molecule has 1 aliphatic heterocycles. The summed E-state index contributed by atoms with van der Waals surface area (Å²) >= 11 is 5.97. The van der Waals surface area contributed by atoms with E-state index in [1.165, 1.54) is 25.9 Å². The zero-order chi connectivity index (χ0) is 16.4. The molecule has 0 aromatic carbocycles. The summed E-state index contributed by atoms with van der Waals surface area (Å²) in [4.78, 5) is 11.3. The van der Waals surface area contributed by atoms with Crippen molar-refractivity contribution in [3.8, 4) is 11.1 Å². The topological polar surface area (TPSA) is 46.8 Å². The van der Waals surface area contributed by atoms with Crippen LogP contribution in [0.5, 0.6) is 0 Å². The molecule has 0 amide bonds. The molecule has 0 bridgehead atoms. The summed E-state index contributed by atoms with van der Waals surface area (Å²) in [5, 5.41) is 4.96. The van der Waals surface area contributed by atoms with Gasteiger partial charge in [-0.1, -0.05) is 11.6 Å². The van der Waals surface area contributed by atoms with Crippen molar-refractivity contribution >= 4 is 22.6 Å². The van der Waals surface area contributed by atoms with E-state index in [9.17, 15) is 0 Å². The van der Waals surface area contributed by atoms with Crippen LogP contribution in [-0.4, -0.2) is 44.3 Å². The first-order valence-electron chi connectivity index (χ1n) is 8.45. The zero-order valence-electron chi connectivity index (χ0n) is 13.5. The van der Waals surface area contributed by atoms with E-state index in [4.69, 9.17) is 11.6 Å². The summed E-state index contributed by atoms with van der Waals surface area (Å²) in [7, 11) is 0. The quantitative estimate of drug-likeness (QED) is 0.665. The number of nitrogens with zero attached hydrogens (tertiary/aromatic N) is 5. The maximum absolute atomic E-state index is 5.97. The van der Waals surface area contributed by atoms with E-state index in [1.54, 1.807) is 6.07 Å². The van der Waals surface area contributed by atoms with Gasteiger partial charge in [0.25, 0.3) is 0 Å². The minimum atomic E-state index is 0.485. The molecule has 6 heteroatoms. The first-order valence-corrected chi connectivity index (χ1v) is 8.83. The predicted molar refractivity (Wildman–Crippen MR) is 96.1 cm³/mol. The number of rotatable bonds is 5. The highest BCUT2D eigenvalue weighted by Crippen LogP contribution is 2.22. The number of fused-ring (bicyclic) bond motifs is 1. The van der Waals surface area contributed by atoms with E-state index in [2.05, 4.69) is 26.2 Å². The number of hydrogen-bond donors (Lipinski definition) is 0. The fourth-order valence-electron chi connectivity index (χ4n) is 3.24. The second-order valence-corrected chi connectivity index (χ2v) is 6.68. The Labute approximate surface area is 146 Å². The molecule has 5 nitrogen and oxygen atoms in total. The van der Waals surface area contributed by atoms with Gasteiger partial charge in [-0.2, -0.15) is 5.10 Å². The molecular formula is C18H20ClN5. The first-order chi connectivity index (χ1) is 11.8. The van der Waals surface area contributed by atoms with Gasteiger partial charge in [-0.15, -0.1) is 0 Å². The number of likely N-dealkylation sites (tertiary alicyclic amines) is 1. The highest BCUT2D eigenvalue weighted by molar-refractivity contribution is 6.29. The fourth-order valence-corrected chi connectivity index (χ4v) is 3.39. The Hall–Kier alpha value is -1.98. The molecular weight excluding hydrogens is 322 g/mol. The van der Waals surface area contributed by atoms with Crippen LogP contribution in [0.25, 0.3) is 22.2 Å². The van der Waals surface area contributed by atoms with Crippen molar-refractivity contribution in [2.75, 3.05) is 19.6 Å². The lowest BCUT2D eigenvalue weighted by Crippen LogP contribution is -2.21. The smallest absolute Gasteiger partial charge is 0.129 e. The Morgan fingerprint density at radius 2 is 1.88 bits per heavy atom. The number of halogens is 1. The third kappa shape index (κ3) is 3.42. The Morgan fingerprint density at radius 1 is 1.00 bits per heavy atom. The van der Waals surface area contributed by atoms with E-state index in [1.807, 2.05) is 29.2 Å². The number of aryl methyl sites for hydroxylation is 1. The highest BCUT2D eigenvalue weighted by atomic mass is 35.5. The molecule has 3 aromatic heterocycles. The third-order valence-corrected chi connectivity index (χ3v) is 4.74. The fraction of sp³-hybridized carbons (Fsp3) is 0.389. The standard InChI is InChI=1S/C18H20ClN5/c19-18-5-4-16-17(22-18)10-14(11-20-16)15-12-21-24(13-15)9-3-8-23-6-1-2-7-23/h4-5,10-13H,1-3,6-9H2. The van der Waals surface area contributed by atoms with Crippen LogP contribution in [0.15, 0.2) is 36.8 Å². The summed E-state index contributed by atoms with van der Waals surface area (Å²) in [5.41, 5.74) is 3.73. The highest BCUT2D eigenvalue weighted by Gasteiger charge is 2.11. The molecule has 3 aromatic rings. The van der Waals surface area contributed by atoms with E-state index in [0.29, 0.717) is 5.15 Å². The molecule has 1 saturated heterocycles.